The van der Waals surface area contributed by atoms with Gasteiger partial charge >= 0.3 is 0 Å². The Morgan fingerprint density at radius 2 is 1.65 bits per heavy atom. The van der Waals surface area contributed by atoms with E-state index in [0.29, 0.717) is 23.5 Å². The van der Waals surface area contributed by atoms with Crippen LogP contribution in [-0.4, -0.2) is 18.1 Å². The molecule has 2 rings (SSSR count). The summed E-state index contributed by atoms with van der Waals surface area (Å²) in [6, 6.07) is 10.9. The first kappa shape index (κ1) is 20.3. The maximum atomic E-state index is 11.7. The smallest absolute Gasteiger partial charge is 0.294 e. The van der Waals surface area contributed by atoms with Gasteiger partial charge in [0.25, 0.3) is 10.1 Å². The van der Waals surface area contributed by atoms with Gasteiger partial charge in [-0.05, 0) is 37.1 Å². The molecule has 0 saturated heterocycles. The van der Waals surface area contributed by atoms with Crippen LogP contribution < -0.4 is 4.74 Å². The van der Waals surface area contributed by atoms with Gasteiger partial charge < -0.3 is 9.84 Å². The van der Waals surface area contributed by atoms with E-state index in [4.69, 9.17) is 4.74 Å². The third-order valence-corrected chi connectivity index (χ3v) is 5.13. The maximum Gasteiger partial charge on any atom is 0.294 e. The van der Waals surface area contributed by atoms with E-state index in [1.807, 2.05) is 0 Å². The molecule has 142 valence electrons. The SMILES string of the molecule is CCCCCCCCc1c(Oc2cccc(O)c2)cccc1S(=O)(=O)O. The fraction of sp³-hybridized carbons (Fsp3) is 0.400. The Balaban J connectivity index is 2.21. The Hall–Kier alpha value is -2.05. The Morgan fingerprint density at radius 1 is 0.962 bits per heavy atom. The molecule has 0 radical (unpaired) electrons. The van der Waals surface area contributed by atoms with Gasteiger partial charge in [-0.2, -0.15) is 8.42 Å². The molecule has 0 fully saturated rings. The quantitative estimate of drug-likeness (QED) is 0.431. The number of rotatable bonds is 10. The normalized spacial score (nSPS) is 11.5. The predicted octanol–water partition coefficient (Wildman–Crippen LogP) is 5.33. The summed E-state index contributed by atoms with van der Waals surface area (Å²) < 4.78 is 38.8. The molecule has 26 heavy (non-hydrogen) atoms. The molecule has 0 aliphatic heterocycles. The molecule has 0 unspecified atom stereocenters. The van der Waals surface area contributed by atoms with Crippen molar-refractivity contribution >= 4 is 10.1 Å². The topological polar surface area (TPSA) is 83.8 Å². The molecular formula is C20H26O5S. The Kier molecular flexibility index (Phi) is 7.48. The lowest BCUT2D eigenvalue weighted by Crippen LogP contribution is -2.05. The minimum atomic E-state index is -4.34. The van der Waals surface area contributed by atoms with Crippen LogP contribution in [0.5, 0.6) is 17.2 Å². The van der Waals surface area contributed by atoms with Crippen LogP contribution in [0.2, 0.25) is 0 Å². The second kappa shape index (κ2) is 9.59. The number of aromatic hydroxyl groups is 1. The van der Waals surface area contributed by atoms with E-state index < -0.39 is 10.1 Å². The second-order valence-corrected chi connectivity index (χ2v) is 7.72. The lowest BCUT2D eigenvalue weighted by atomic mass is 10.0. The summed E-state index contributed by atoms with van der Waals surface area (Å²) in [5.41, 5.74) is 0.467. The minimum Gasteiger partial charge on any atom is -0.508 e. The molecule has 0 atom stereocenters. The summed E-state index contributed by atoms with van der Waals surface area (Å²) in [5.74, 6) is 0.840. The van der Waals surface area contributed by atoms with Gasteiger partial charge in [-0.1, -0.05) is 51.2 Å². The molecule has 0 amide bonds. The fourth-order valence-electron chi connectivity index (χ4n) is 2.89. The van der Waals surface area contributed by atoms with Gasteiger partial charge in [0.05, 0.1) is 0 Å². The molecular weight excluding hydrogens is 352 g/mol. The van der Waals surface area contributed by atoms with Crippen molar-refractivity contribution in [2.45, 2.75) is 56.8 Å². The van der Waals surface area contributed by atoms with Gasteiger partial charge in [-0.25, -0.2) is 0 Å². The molecule has 0 heterocycles. The zero-order valence-corrected chi connectivity index (χ0v) is 15.8. The van der Waals surface area contributed by atoms with Crippen LogP contribution in [0.3, 0.4) is 0 Å². The first-order valence-corrected chi connectivity index (χ1v) is 10.4. The average molecular weight is 378 g/mol. The van der Waals surface area contributed by atoms with Gasteiger partial charge in [0.2, 0.25) is 0 Å². The van der Waals surface area contributed by atoms with E-state index in [1.165, 1.54) is 43.5 Å². The summed E-state index contributed by atoms with van der Waals surface area (Å²) in [5, 5.41) is 9.57. The first-order valence-electron chi connectivity index (χ1n) is 8.98. The number of benzene rings is 2. The van der Waals surface area contributed by atoms with E-state index in [-0.39, 0.29) is 10.6 Å². The van der Waals surface area contributed by atoms with Crippen molar-refractivity contribution in [3.63, 3.8) is 0 Å². The van der Waals surface area contributed by atoms with Crippen molar-refractivity contribution in [2.24, 2.45) is 0 Å². The van der Waals surface area contributed by atoms with Gasteiger partial charge in [-0.15, -0.1) is 0 Å². The molecule has 0 aliphatic rings. The largest absolute Gasteiger partial charge is 0.508 e. The Labute approximate surface area is 155 Å². The minimum absolute atomic E-state index is 0.0610. The highest BCUT2D eigenvalue weighted by atomic mass is 32.2. The van der Waals surface area contributed by atoms with Crippen LogP contribution in [0.1, 0.15) is 51.0 Å². The van der Waals surface area contributed by atoms with E-state index >= 15 is 0 Å². The molecule has 2 N–H and O–H groups in total. The van der Waals surface area contributed by atoms with E-state index in [9.17, 15) is 18.1 Å². The summed E-state index contributed by atoms with van der Waals surface area (Å²) >= 11 is 0. The summed E-state index contributed by atoms with van der Waals surface area (Å²) in [7, 11) is -4.34. The highest BCUT2D eigenvalue weighted by Crippen LogP contribution is 2.32. The molecule has 0 aromatic heterocycles. The lowest BCUT2D eigenvalue weighted by Gasteiger charge is -2.14. The monoisotopic (exact) mass is 378 g/mol. The van der Waals surface area contributed by atoms with Crippen molar-refractivity contribution in [2.75, 3.05) is 0 Å². The predicted molar refractivity (Wildman–Crippen MR) is 102 cm³/mol. The molecule has 0 bridgehead atoms. The summed E-state index contributed by atoms with van der Waals surface area (Å²) in [6.07, 6.45) is 6.95. The van der Waals surface area contributed by atoms with E-state index in [0.717, 1.165) is 19.3 Å². The molecule has 6 heteroatoms. The van der Waals surface area contributed by atoms with E-state index in [2.05, 4.69) is 6.92 Å². The zero-order chi connectivity index (χ0) is 19.0. The van der Waals surface area contributed by atoms with Crippen LogP contribution in [0, 0.1) is 0 Å². The lowest BCUT2D eigenvalue weighted by molar-refractivity contribution is 0.447. The maximum absolute atomic E-state index is 11.7. The van der Waals surface area contributed by atoms with Crippen molar-refractivity contribution in [3.05, 3.63) is 48.0 Å². The molecule has 2 aromatic rings. The molecule has 0 spiro atoms. The Bertz CT molecular complexity index is 815. The molecule has 5 nitrogen and oxygen atoms in total. The molecule has 0 saturated carbocycles. The number of hydrogen-bond donors (Lipinski definition) is 2. The van der Waals surface area contributed by atoms with Gasteiger partial charge in [0, 0.05) is 11.6 Å². The van der Waals surface area contributed by atoms with Crippen molar-refractivity contribution < 1.29 is 22.8 Å². The van der Waals surface area contributed by atoms with Crippen LogP contribution in [-0.2, 0) is 16.5 Å². The average Bonchev–Trinajstić information content (AvgIpc) is 2.58. The van der Waals surface area contributed by atoms with Crippen LogP contribution in [0.25, 0.3) is 0 Å². The van der Waals surface area contributed by atoms with Gasteiger partial charge in [0.1, 0.15) is 22.1 Å². The Morgan fingerprint density at radius 3 is 2.35 bits per heavy atom. The first-order chi connectivity index (χ1) is 12.4. The summed E-state index contributed by atoms with van der Waals surface area (Å²) in [4.78, 5) is -0.122. The number of phenols is 1. The summed E-state index contributed by atoms with van der Waals surface area (Å²) in [6.45, 7) is 2.16. The molecule has 2 aromatic carbocycles. The number of phenolic OH excluding ortho intramolecular Hbond substituents is 1. The van der Waals surface area contributed by atoms with Crippen LogP contribution >= 0.6 is 0 Å². The highest BCUT2D eigenvalue weighted by Gasteiger charge is 2.19. The third-order valence-electron chi connectivity index (χ3n) is 4.19. The highest BCUT2D eigenvalue weighted by molar-refractivity contribution is 7.85. The van der Waals surface area contributed by atoms with Crippen molar-refractivity contribution in [3.8, 4) is 17.2 Å². The van der Waals surface area contributed by atoms with Crippen LogP contribution in [0.4, 0.5) is 0 Å². The number of hydrogen-bond acceptors (Lipinski definition) is 4. The van der Waals surface area contributed by atoms with E-state index in [1.54, 1.807) is 18.2 Å². The number of ether oxygens (including phenoxy) is 1. The van der Waals surface area contributed by atoms with Crippen molar-refractivity contribution in [1.82, 2.24) is 0 Å². The van der Waals surface area contributed by atoms with Crippen molar-refractivity contribution in [1.29, 1.82) is 0 Å². The molecule has 0 aliphatic carbocycles. The standard InChI is InChI=1S/C20H26O5S/c1-2-3-4-5-6-7-12-18-19(13-9-14-20(18)26(22,23)24)25-17-11-8-10-16(21)15-17/h8-11,13-15,21H,2-7,12H2,1H3,(H,22,23,24). The second-order valence-electron chi connectivity index (χ2n) is 6.33. The fourth-order valence-corrected chi connectivity index (χ4v) is 3.65. The van der Waals surface area contributed by atoms with Gasteiger partial charge in [-0.3, -0.25) is 4.55 Å². The van der Waals surface area contributed by atoms with Gasteiger partial charge in [0.15, 0.2) is 0 Å². The van der Waals surface area contributed by atoms with Crippen LogP contribution in [0.15, 0.2) is 47.4 Å². The zero-order valence-electron chi connectivity index (χ0n) is 15.0. The third kappa shape index (κ3) is 6.04. The number of unbranched alkanes of at least 4 members (excludes halogenated alkanes) is 5.